The van der Waals surface area contributed by atoms with Crippen LogP contribution in [0.4, 0.5) is 0 Å². The third kappa shape index (κ3) is 2.91. The minimum absolute atomic E-state index is 1.25. The molecule has 0 amide bonds. The van der Waals surface area contributed by atoms with Crippen LogP contribution >= 0.6 is 0 Å². The monoisotopic (exact) mass is 179 g/mol. The normalized spacial score (nSPS) is 10.7. The predicted octanol–water partition coefficient (Wildman–Crippen LogP) is 3.75. The minimum atomic E-state index is 1.25. The molecule has 0 bridgehead atoms. The van der Waals surface area contributed by atoms with E-state index in [1.165, 1.54) is 48.9 Å². The van der Waals surface area contributed by atoms with E-state index in [9.17, 15) is 0 Å². The predicted molar refractivity (Wildman–Crippen MR) is 58.1 cm³/mol. The Kier molecular flexibility index (Phi) is 4.07. The molecule has 0 radical (unpaired) electrons. The zero-order valence-electron chi connectivity index (χ0n) is 9.11. The van der Waals surface area contributed by atoms with E-state index in [2.05, 4.69) is 32.0 Å². The van der Waals surface area contributed by atoms with Gasteiger partial charge in [0.1, 0.15) is 0 Å². The number of H-pyrrole nitrogens is 1. The zero-order chi connectivity index (χ0) is 9.68. The van der Waals surface area contributed by atoms with Crippen LogP contribution in [0, 0.1) is 13.8 Å². The summed E-state index contributed by atoms with van der Waals surface area (Å²) in [7, 11) is 0. The van der Waals surface area contributed by atoms with Crippen LogP contribution in [0.3, 0.4) is 0 Å². The van der Waals surface area contributed by atoms with Crippen LogP contribution in [0.15, 0.2) is 6.20 Å². The highest BCUT2D eigenvalue weighted by atomic mass is 14.7. The van der Waals surface area contributed by atoms with Gasteiger partial charge in [-0.1, -0.05) is 26.2 Å². The van der Waals surface area contributed by atoms with Crippen LogP contribution in [0.2, 0.25) is 0 Å². The topological polar surface area (TPSA) is 15.8 Å². The molecule has 0 fully saturated rings. The maximum atomic E-state index is 3.28. The van der Waals surface area contributed by atoms with Gasteiger partial charge < -0.3 is 4.98 Å². The molecule has 0 unspecified atom stereocenters. The Morgan fingerprint density at radius 3 is 2.46 bits per heavy atom. The van der Waals surface area contributed by atoms with E-state index >= 15 is 0 Å². The number of unbranched alkanes of at least 4 members (excludes halogenated alkanes) is 3. The molecule has 1 heterocycles. The van der Waals surface area contributed by atoms with Crippen LogP contribution in [-0.4, -0.2) is 4.98 Å². The second kappa shape index (κ2) is 5.11. The first-order valence-electron chi connectivity index (χ1n) is 5.39. The smallest absolute Gasteiger partial charge is 0.0150 e. The molecule has 1 aromatic rings. The number of hydrogen-bond donors (Lipinski definition) is 1. The Hall–Kier alpha value is -0.720. The van der Waals surface area contributed by atoms with Crippen LogP contribution in [0.25, 0.3) is 0 Å². The van der Waals surface area contributed by atoms with Gasteiger partial charge in [-0.25, -0.2) is 0 Å². The van der Waals surface area contributed by atoms with Gasteiger partial charge in [0.25, 0.3) is 0 Å². The summed E-state index contributed by atoms with van der Waals surface area (Å²) in [4.78, 5) is 3.28. The van der Waals surface area contributed by atoms with E-state index in [0.29, 0.717) is 0 Å². The Balaban J connectivity index is 2.36. The summed E-state index contributed by atoms with van der Waals surface area (Å²) in [6.07, 6.45) is 8.78. The first-order valence-corrected chi connectivity index (χ1v) is 5.39. The van der Waals surface area contributed by atoms with E-state index in [1.807, 2.05) is 0 Å². The van der Waals surface area contributed by atoms with Gasteiger partial charge >= 0.3 is 0 Å². The SMILES string of the molecule is CCCCCCc1c(C)c[nH]c1C. The highest BCUT2D eigenvalue weighted by Gasteiger charge is 2.02. The lowest BCUT2D eigenvalue weighted by atomic mass is 10.0. The fourth-order valence-corrected chi connectivity index (χ4v) is 1.80. The quantitative estimate of drug-likeness (QED) is 0.662. The van der Waals surface area contributed by atoms with Crippen molar-refractivity contribution in [3.05, 3.63) is 23.0 Å². The molecule has 0 saturated heterocycles. The summed E-state index contributed by atoms with van der Waals surface area (Å²) >= 11 is 0. The van der Waals surface area contributed by atoms with Crippen molar-refractivity contribution in [3.8, 4) is 0 Å². The summed E-state index contributed by atoms with van der Waals surface area (Å²) in [5.74, 6) is 0. The summed E-state index contributed by atoms with van der Waals surface area (Å²) < 4.78 is 0. The summed E-state index contributed by atoms with van der Waals surface area (Å²) in [6, 6.07) is 0. The van der Waals surface area contributed by atoms with Crippen molar-refractivity contribution >= 4 is 0 Å². The highest BCUT2D eigenvalue weighted by molar-refractivity contribution is 5.28. The van der Waals surface area contributed by atoms with Crippen LogP contribution in [0.5, 0.6) is 0 Å². The lowest BCUT2D eigenvalue weighted by molar-refractivity contribution is 0.665. The summed E-state index contributed by atoms with van der Waals surface area (Å²) in [5, 5.41) is 0. The summed E-state index contributed by atoms with van der Waals surface area (Å²) in [6.45, 7) is 6.62. The first kappa shape index (κ1) is 10.4. The number of rotatable bonds is 5. The van der Waals surface area contributed by atoms with E-state index < -0.39 is 0 Å². The molecule has 0 aliphatic carbocycles. The zero-order valence-corrected chi connectivity index (χ0v) is 9.11. The number of nitrogens with one attached hydrogen (secondary N) is 1. The average molecular weight is 179 g/mol. The van der Waals surface area contributed by atoms with Crippen molar-refractivity contribution < 1.29 is 0 Å². The molecule has 1 N–H and O–H groups in total. The van der Waals surface area contributed by atoms with Gasteiger partial charge in [-0.05, 0) is 37.8 Å². The van der Waals surface area contributed by atoms with Crippen LogP contribution in [-0.2, 0) is 6.42 Å². The number of hydrogen-bond acceptors (Lipinski definition) is 0. The Labute approximate surface area is 81.6 Å². The highest BCUT2D eigenvalue weighted by Crippen LogP contribution is 2.15. The molecule has 0 aromatic carbocycles. The maximum absolute atomic E-state index is 3.28. The van der Waals surface area contributed by atoms with Gasteiger partial charge in [0.15, 0.2) is 0 Å². The molecule has 0 saturated carbocycles. The molecule has 1 heteroatoms. The molecule has 0 atom stereocenters. The molecule has 1 aromatic heterocycles. The van der Waals surface area contributed by atoms with E-state index in [4.69, 9.17) is 0 Å². The molecule has 13 heavy (non-hydrogen) atoms. The molecule has 1 rings (SSSR count). The standard InChI is InChI=1S/C12H21N/c1-4-5-6-7-8-12-10(2)9-13-11(12)3/h9,13H,4-8H2,1-3H3. The van der Waals surface area contributed by atoms with E-state index in [-0.39, 0.29) is 0 Å². The van der Waals surface area contributed by atoms with E-state index in [0.717, 1.165) is 0 Å². The van der Waals surface area contributed by atoms with E-state index in [1.54, 1.807) is 0 Å². The van der Waals surface area contributed by atoms with Crippen molar-refractivity contribution in [2.24, 2.45) is 0 Å². The molecular formula is C12H21N. The first-order chi connectivity index (χ1) is 6.25. The maximum Gasteiger partial charge on any atom is 0.0150 e. The van der Waals surface area contributed by atoms with Crippen molar-refractivity contribution in [2.75, 3.05) is 0 Å². The Bertz CT molecular complexity index is 228. The van der Waals surface area contributed by atoms with Crippen LogP contribution in [0.1, 0.15) is 49.4 Å². The minimum Gasteiger partial charge on any atom is -0.365 e. The second-order valence-electron chi connectivity index (χ2n) is 3.89. The molecular weight excluding hydrogens is 158 g/mol. The van der Waals surface area contributed by atoms with Crippen molar-refractivity contribution in [1.29, 1.82) is 0 Å². The van der Waals surface area contributed by atoms with Gasteiger partial charge in [0.05, 0.1) is 0 Å². The second-order valence-corrected chi connectivity index (χ2v) is 3.89. The third-order valence-electron chi connectivity index (χ3n) is 2.71. The largest absolute Gasteiger partial charge is 0.365 e. The Morgan fingerprint density at radius 2 is 1.92 bits per heavy atom. The van der Waals surface area contributed by atoms with Crippen LogP contribution < -0.4 is 0 Å². The molecule has 1 nitrogen and oxygen atoms in total. The fourth-order valence-electron chi connectivity index (χ4n) is 1.80. The number of aryl methyl sites for hydroxylation is 2. The Morgan fingerprint density at radius 1 is 1.15 bits per heavy atom. The van der Waals surface area contributed by atoms with Gasteiger partial charge in [0, 0.05) is 11.9 Å². The van der Waals surface area contributed by atoms with Gasteiger partial charge in [0.2, 0.25) is 0 Å². The number of aromatic amines is 1. The fraction of sp³-hybridized carbons (Fsp3) is 0.667. The molecule has 74 valence electrons. The molecule has 0 aliphatic heterocycles. The number of aromatic nitrogens is 1. The molecule has 0 spiro atoms. The van der Waals surface area contributed by atoms with Gasteiger partial charge in [-0.15, -0.1) is 0 Å². The lowest BCUT2D eigenvalue weighted by Gasteiger charge is -2.01. The van der Waals surface area contributed by atoms with Crippen molar-refractivity contribution in [1.82, 2.24) is 4.98 Å². The third-order valence-corrected chi connectivity index (χ3v) is 2.71. The van der Waals surface area contributed by atoms with Crippen molar-refractivity contribution in [3.63, 3.8) is 0 Å². The lowest BCUT2D eigenvalue weighted by Crippen LogP contribution is -1.89. The van der Waals surface area contributed by atoms with Gasteiger partial charge in [-0.3, -0.25) is 0 Å². The van der Waals surface area contributed by atoms with Crippen molar-refractivity contribution in [2.45, 2.75) is 52.9 Å². The van der Waals surface area contributed by atoms with Gasteiger partial charge in [-0.2, -0.15) is 0 Å². The summed E-state index contributed by atoms with van der Waals surface area (Å²) in [5.41, 5.74) is 4.32. The average Bonchev–Trinajstić information content (AvgIpc) is 2.42. The molecule has 0 aliphatic rings.